The molecule has 0 saturated heterocycles. The molecule has 2 N–H and O–H groups in total. The Morgan fingerprint density at radius 1 is 1.28 bits per heavy atom. The number of aromatic nitrogens is 4. The van der Waals surface area contributed by atoms with Gasteiger partial charge in [0, 0.05) is 11.6 Å². The van der Waals surface area contributed by atoms with Gasteiger partial charge >= 0.3 is 0 Å². The van der Waals surface area contributed by atoms with Crippen LogP contribution in [0.15, 0.2) is 36.5 Å². The highest BCUT2D eigenvalue weighted by atomic mass is 32.1. The highest BCUT2D eigenvalue weighted by molar-refractivity contribution is 7.71. The average Bonchev–Trinajstić information content (AvgIpc) is 2.79. The van der Waals surface area contributed by atoms with Gasteiger partial charge in [0.15, 0.2) is 10.6 Å². The zero-order valence-corrected chi connectivity index (χ0v) is 10.2. The minimum Gasteiger partial charge on any atom is -0.388 e. The Morgan fingerprint density at radius 3 is 3.00 bits per heavy atom. The lowest BCUT2D eigenvalue weighted by molar-refractivity contribution is 0.269. The largest absolute Gasteiger partial charge is 0.388 e. The number of pyridine rings is 1. The fraction of sp³-hybridized carbons (Fsp3) is 0.0833. The Bertz CT molecular complexity index is 757. The Hall–Kier alpha value is -2.05. The number of aliphatic hydroxyl groups is 1. The Labute approximate surface area is 108 Å². The first-order valence-corrected chi connectivity index (χ1v) is 5.83. The molecule has 0 radical (unpaired) electrons. The van der Waals surface area contributed by atoms with Crippen LogP contribution in [0.3, 0.4) is 0 Å². The summed E-state index contributed by atoms with van der Waals surface area (Å²) in [5.41, 5.74) is 1.74. The van der Waals surface area contributed by atoms with Crippen LogP contribution in [0.2, 0.25) is 0 Å². The van der Waals surface area contributed by atoms with Crippen molar-refractivity contribution in [2.24, 2.45) is 0 Å². The summed E-state index contributed by atoms with van der Waals surface area (Å²) in [5, 5.41) is 16.9. The van der Waals surface area contributed by atoms with Crippen LogP contribution < -0.4 is 0 Å². The molecule has 0 spiro atoms. The lowest BCUT2D eigenvalue weighted by Gasteiger charge is -2.08. The van der Waals surface area contributed by atoms with Gasteiger partial charge in [-0.25, -0.2) is 0 Å². The van der Waals surface area contributed by atoms with Crippen molar-refractivity contribution in [1.82, 2.24) is 19.7 Å². The lowest BCUT2D eigenvalue weighted by Crippen LogP contribution is -2.02. The van der Waals surface area contributed by atoms with Crippen molar-refractivity contribution in [2.75, 3.05) is 0 Å². The molecule has 0 unspecified atom stereocenters. The van der Waals surface area contributed by atoms with Gasteiger partial charge in [-0.1, -0.05) is 6.07 Å². The molecule has 0 aliphatic heterocycles. The van der Waals surface area contributed by atoms with E-state index in [1.807, 2.05) is 30.3 Å². The monoisotopic (exact) mass is 258 g/mol. The molecule has 0 amide bonds. The van der Waals surface area contributed by atoms with Gasteiger partial charge < -0.3 is 5.11 Å². The normalized spacial score (nSPS) is 10.9. The van der Waals surface area contributed by atoms with Crippen molar-refractivity contribution in [3.05, 3.63) is 47.1 Å². The van der Waals surface area contributed by atoms with Crippen LogP contribution in [0, 0.1) is 4.77 Å². The second kappa shape index (κ2) is 4.32. The Balaban J connectivity index is 2.38. The SMILES string of the molecule is OCc1n[nH]c(=S)n1-c1cccc2ncccc12. The van der Waals surface area contributed by atoms with Crippen LogP contribution in [-0.4, -0.2) is 24.9 Å². The molecule has 5 nitrogen and oxygen atoms in total. The van der Waals surface area contributed by atoms with Crippen LogP contribution in [-0.2, 0) is 6.61 Å². The van der Waals surface area contributed by atoms with Crippen molar-refractivity contribution >= 4 is 23.1 Å². The lowest BCUT2D eigenvalue weighted by atomic mass is 10.2. The van der Waals surface area contributed by atoms with Gasteiger partial charge in [-0.2, -0.15) is 5.10 Å². The standard InChI is InChI=1S/C12H10N4OS/c17-7-11-14-15-12(18)16(11)10-5-1-4-9-8(10)3-2-6-13-9/h1-6,17H,7H2,(H,15,18). The smallest absolute Gasteiger partial charge is 0.199 e. The molecular formula is C12H10N4OS. The number of fused-ring (bicyclic) bond motifs is 1. The van der Waals surface area contributed by atoms with Gasteiger partial charge in [0.25, 0.3) is 0 Å². The van der Waals surface area contributed by atoms with Crippen LogP contribution in [0.5, 0.6) is 0 Å². The molecule has 0 saturated carbocycles. The van der Waals surface area contributed by atoms with E-state index >= 15 is 0 Å². The number of H-pyrrole nitrogens is 1. The van der Waals surface area contributed by atoms with Gasteiger partial charge in [0.05, 0.1) is 11.2 Å². The van der Waals surface area contributed by atoms with Crippen molar-refractivity contribution in [1.29, 1.82) is 0 Å². The summed E-state index contributed by atoms with van der Waals surface area (Å²) in [6, 6.07) is 9.60. The van der Waals surface area contributed by atoms with Crippen LogP contribution in [0.4, 0.5) is 0 Å². The highest BCUT2D eigenvalue weighted by Gasteiger charge is 2.10. The first-order valence-electron chi connectivity index (χ1n) is 5.42. The van der Waals surface area contributed by atoms with Crippen molar-refractivity contribution in [3.8, 4) is 5.69 Å². The van der Waals surface area contributed by atoms with Gasteiger partial charge in [0.2, 0.25) is 0 Å². The molecule has 3 rings (SSSR count). The molecule has 0 aliphatic rings. The van der Waals surface area contributed by atoms with Crippen LogP contribution in [0.1, 0.15) is 5.82 Å². The Kier molecular flexibility index (Phi) is 2.66. The minimum absolute atomic E-state index is 0.177. The van der Waals surface area contributed by atoms with Gasteiger partial charge in [-0.3, -0.25) is 14.6 Å². The summed E-state index contributed by atoms with van der Waals surface area (Å²) in [4.78, 5) is 4.30. The van der Waals surface area contributed by atoms with Crippen LogP contribution in [0.25, 0.3) is 16.6 Å². The summed E-state index contributed by atoms with van der Waals surface area (Å²) in [6.07, 6.45) is 1.74. The summed E-state index contributed by atoms with van der Waals surface area (Å²) in [5.74, 6) is 0.483. The zero-order valence-electron chi connectivity index (χ0n) is 9.37. The molecule has 18 heavy (non-hydrogen) atoms. The van der Waals surface area contributed by atoms with E-state index in [2.05, 4.69) is 15.2 Å². The molecule has 0 fully saturated rings. The molecule has 0 aliphatic carbocycles. The van der Waals surface area contributed by atoms with Gasteiger partial charge in [0.1, 0.15) is 6.61 Å². The molecule has 90 valence electrons. The van der Waals surface area contributed by atoms with E-state index in [1.54, 1.807) is 10.8 Å². The second-order valence-electron chi connectivity index (χ2n) is 3.79. The maximum atomic E-state index is 9.30. The third-order valence-electron chi connectivity index (χ3n) is 2.75. The van der Waals surface area contributed by atoms with E-state index in [-0.39, 0.29) is 6.61 Å². The number of nitrogens with one attached hydrogen (secondary N) is 1. The fourth-order valence-corrected chi connectivity index (χ4v) is 2.22. The molecule has 1 aromatic carbocycles. The first kappa shape index (κ1) is 11.1. The maximum Gasteiger partial charge on any atom is 0.199 e. The molecule has 2 heterocycles. The number of nitrogens with zero attached hydrogens (tertiary/aromatic N) is 3. The van der Waals surface area contributed by atoms with E-state index < -0.39 is 0 Å². The average molecular weight is 258 g/mol. The third-order valence-corrected chi connectivity index (χ3v) is 3.02. The molecule has 3 aromatic rings. The van der Waals surface area contributed by atoms with E-state index in [0.717, 1.165) is 16.6 Å². The van der Waals surface area contributed by atoms with Gasteiger partial charge in [-0.15, -0.1) is 0 Å². The number of aliphatic hydroxyl groups excluding tert-OH is 1. The number of hydrogen-bond donors (Lipinski definition) is 2. The predicted molar refractivity (Wildman–Crippen MR) is 70.0 cm³/mol. The quantitative estimate of drug-likeness (QED) is 0.690. The molecule has 0 atom stereocenters. The second-order valence-corrected chi connectivity index (χ2v) is 4.17. The number of benzene rings is 1. The first-order chi connectivity index (χ1) is 8.81. The minimum atomic E-state index is -0.177. The molecule has 2 aromatic heterocycles. The van der Waals surface area contributed by atoms with Gasteiger partial charge in [-0.05, 0) is 36.5 Å². The molecular weight excluding hydrogens is 248 g/mol. The predicted octanol–water partition coefficient (Wildman–Crippen LogP) is 1.97. The zero-order chi connectivity index (χ0) is 12.5. The number of aromatic amines is 1. The maximum absolute atomic E-state index is 9.30. The van der Waals surface area contributed by atoms with E-state index in [4.69, 9.17) is 12.2 Å². The highest BCUT2D eigenvalue weighted by Crippen LogP contribution is 2.21. The van der Waals surface area contributed by atoms with E-state index in [9.17, 15) is 5.11 Å². The Morgan fingerprint density at radius 2 is 2.17 bits per heavy atom. The summed E-state index contributed by atoms with van der Waals surface area (Å²) < 4.78 is 2.18. The molecule has 0 bridgehead atoms. The third kappa shape index (κ3) is 1.62. The van der Waals surface area contributed by atoms with E-state index in [1.165, 1.54) is 0 Å². The van der Waals surface area contributed by atoms with E-state index in [0.29, 0.717) is 10.6 Å². The summed E-state index contributed by atoms with van der Waals surface area (Å²) in [6.45, 7) is -0.177. The fourth-order valence-electron chi connectivity index (χ4n) is 1.97. The van der Waals surface area contributed by atoms with Crippen molar-refractivity contribution < 1.29 is 5.11 Å². The summed E-state index contributed by atoms with van der Waals surface area (Å²) in [7, 11) is 0. The van der Waals surface area contributed by atoms with Crippen molar-refractivity contribution in [2.45, 2.75) is 6.61 Å². The number of hydrogen-bond acceptors (Lipinski definition) is 4. The number of rotatable bonds is 2. The van der Waals surface area contributed by atoms with Crippen LogP contribution >= 0.6 is 12.2 Å². The summed E-state index contributed by atoms with van der Waals surface area (Å²) >= 11 is 5.20. The topological polar surface area (TPSA) is 66.7 Å². The van der Waals surface area contributed by atoms with Crippen molar-refractivity contribution in [3.63, 3.8) is 0 Å². The molecule has 6 heteroatoms.